The van der Waals surface area contributed by atoms with Crippen molar-refractivity contribution < 1.29 is 13.2 Å². The highest BCUT2D eigenvalue weighted by atomic mass is 35.5. The Hall–Kier alpha value is -1.73. The van der Waals surface area contributed by atoms with E-state index in [9.17, 15) is 8.42 Å². The quantitative estimate of drug-likeness (QED) is 0.899. The van der Waals surface area contributed by atoms with E-state index in [0.717, 1.165) is 6.26 Å². The molecule has 1 aromatic carbocycles. The first kappa shape index (κ1) is 13.7. The smallest absolute Gasteiger partial charge is 0.179 e. The molecule has 0 unspecified atom stereocenters. The molecular formula is C11H12ClN3O3S. The van der Waals surface area contributed by atoms with E-state index in [1.165, 1.54) is 13.2 Å². The summed E-state index contributed by atoms with van der Waals surface area (Å²) in [6.07, 6.45) is 1.09. The number of anilines is 1. The van der Waals surface area contributed by atoms with E-state index >= 15 is 0 Å². The summed E-state index contributed by atoms with van der Waals surface area (Å²) < 4.78 is 28.6. The van der Waals surface area contributed by atoms with Crippen molar-refractivity contribution in [3.8, 4) is 17.0 Å². The number of ether oxygens (including phenoxy) is 1. The number of methoxy groups -OCH3 is 1. The molecule has 0 amide bonds. The molecule has 3 N–H and O–H groups in total. The highest BCUT2D eigenvalue weighted by molar-refractivity contribution is 7.90. The Morgan fingerprint density at radius 3 is 2.53 bits per heavy atom. The molecule has 0 aliphatic rings. The largest absolute Gasteiger partial charge is 0.494 e. The van der Waals surface area contributed by atoms with Gasteiger partial charge >= 0.3 is 0 Å². The van der Waals surface area contributed by atoms with Crippen molar-refractivity contribution in [2.45, 2.75) is 4.90 Å². The minimum absolute atomic E-state index is 0.0191. The van der Waals surface area contributed by atoms with Crippen LogP contribution in [-0.2, 0) is 9.84 Å². The fourth-order valence-electron chi connectivity index (χ4n) is 1.68. The van der Waals surface area contributed by atoms with Crippen LogP contribution in [0.2, 0.25) is 5.02 Å². The summed E-state index contributed by atoms with van der Waals surface area (Å²) in [5, 5.41) is 6.68. The van der Waals surface area contributed by atoms with Crippen LogP contribution in [0.3, 0.4) is 0 Å². The van der Waals surface area contributed by atoms with Crippen LogP contribution >= 0.6 is 11.6 Å². The molecule has 2 aromatic rings. The van der Waals surface area contributed by atoms with Crippen molar-refractivity contribution in [1.82, 2.24) is 10.2 Å². The molecule has 0 fully saturated rings. The number of nitrogens with two attached hydrogens (primary N) is 1. The average molecular weight is 302 g/mol. The van der Waals surface area contributed by atoms with Gasteiger partial charge in [-0.15, -0.1) is 0 Å². The van der Waals surface area contributed by atoms with Gasteiger partial charge in [0.2, 0.25) is 0 Å². The van der Waals surface area contributed by atoms with Crippen LogP contribution in [0.15, 0.2) is 23.1 Å². The van der Waals surface area contributed by atoms with Crippen LogP contribution in [-0.4, -0.2) is 32.0 Å². The van der Waals surface area contributed by atoms with Crippen LogP contribution in [0.1, 0.15) is 0 Å². The fourth-order valence-corrected chi connectivity index (χ4v) is 2.91. The van der Waals surface area contributed by atoms with Gasteiger partial charge in [0.25, 0.3) is 0 Å². The van der Waals surface area contributed by atoms with Gasteiger partial charge < -0.3 is 10.5 Å². The summed E-state index contributed by atoms with van der Waals surface area (Å²) in [6.45, 7) is 0. The zero-order valence-electron chi connectivity index (χ0n) is 10.3. The van der Waals surface area contributed by atoms with Crippen molar-refractivity contribution in [2.75, 3.05) is 19.1 Å². The Morgan fingerprint density at radius 1 is 1.37 bits per heavy atom. The molecule has 19 heavy (non-hydrogen) atoms. The molecule has 0 radical (unpaired) electrons. The first-order valence-corrected chi connectivity index (χ1v) is 7.48. The maximum absolute atomic E-state index is 11.8. The normalized spacial score (nSPS) is 11.5. The molecule has 0 aliphatic carbocycles. The van der Waals surface area contributed by atoms with Crippen molar-refractivity contribution in [3.05, 3.63) is 23.2 Å². The van der Waals surface area contributed by atoms with Gasteiger partial charge in [-0.3, -0.25) is 5.10 Å². The lowest BCUT2D eigenvalue weighted by Crippen LogP contribution is -2.02. The zero-order chi connectivity index (χ0) is 14.2. The van der Waals surface area contributed by atoms with Crippen molar-refractivity contribution in [1.29, 1.82) is 0 Å². The van der Waals surface area contributed by atoms with E-state index < -0.39 is 9.84 Å². The number of benzene rings is 1. The topological polar surface area (TPSA) is 98.1 Å². The molecule has 0 atom stereocenters. The van der Waals surface area contributed by atoms with Crippen molar-refractivity contribution >= 4 is 27.3 Å². The van der Waals surface area contributed by atoms with Crippen LogP contribution in [0, 0.1) is 0 Å². The van der Waals surface area contributed by atoms with Crippen LogP contribution < -0.4 is 10.5 Å². The first-order chi connectivity index (χ1) is 8.82. The summed E-state index contributed by atoms with van der Waals surface area (Å²) >= 11 is 6.04. The van der Waals surface area contributed by atoms with Gasteiger partial charge in [0, 0.05) is 17.9 Å². The Morgan fingerprint density at radius 2 is 2.05 bits per heavy atom. The summed E-state index contributed by atoms with van der Waals surface area (Å²) in [5.41, 5.74) is 6.66. The number of hydrogen-bond acceptors (Lipinski definition) is 5. The highest BCUT2D eigenvalue weighted by Gasteiger charge is 2.19. The SMILES string of the molecule is COc1c(Cl)cc(-c2cc(N)n[nH]2)cc1S(C)(=O)=O. The minimum Gasteiger partial charge on any atom is -0.494 e. The molecule has 8 heteroatoms. The molecule has 102 valence electrons. The van der Waals surface area contributed by atoms with Crippen LogP contribution in [0.4, 0.5) is 5.82 Å². The molecule has 0 aliphatic heterocycles. The molecule has 6 nitrogen and oxygen atoms in total. The maximum Gasteiger partial charge on any atom is 0.179 e. The number of aromatic nitrogens is 2. The van der Waals surface area contributed by atoms with Gasteiger partial charge in [-0.05, 0) is 12.1 Å². The van der Waals surface area contributed by atoms with Gasteiger partial charge in [-0.1, -0.05) is 11.6 Å². The number of halogens is 1. The minimum atomic E-state index is -3.47. The number of nitrogens with one attached hydrogen (secondary N) is 1. The predicted molar refractivity (Wildman–Crippen MR) is 73.1 cm³/mol. The number of nitrogens with zero attached hydrogens (tertiary/aromatic N) is 1. The Balaban J connectivity index is 2.70. The molecular weight excluding hydrogens is 290 g/mol. The third-order valence-corrected chi connectivity index (χ3v) is 3.90. The number of nitrogen functional groups attached to an aromatic ring is 1. The lowest BCUT2D eigenvalue weighted by Gasteiger charge is -2.10. The summed E-state index contributed by atoms with van der Waals surface area (Å²) in [7, 11) is -2.10. The van der Waals surface area contributed by atoms with E-state index in [1.807, 2.05) is 0 Å². The Bertz CT molecular complexity index is 725. The lowest BCUT2D eigenvalue weighted by atomic mass is 10.1. The molecule has 0 saturated heterocycles. The second kappa shape index (κ2) is 4.75. The van der Waals surface area contributed by atoms with Crippen LogP contribution in [0.5, 0.6) is 5.75 Å². The second-order valence-electron chi connectivity index (χ2n) is 3.97. The molecule has 1 aromatic heterocycles. The summed E-state index contributed by atoms with van der Waals surface area (Å²) in [4.78, 5) is 0.0191. The number of rotatable bonds is 3. The first-order valence-electron chi connectivity index (χ1n) is 5.21. The summed E-state index contributed by atoms with van der Waals surface area (Å²) in [6, 6.07) is 4.64. The van der Waals surface area contributed by atoms with Gasteiger partial charge in [0.1, 0.15) is 10.7 Å². The Labute approximate surface area is 115 Å². The number of hydrogen-bond donors (Lipinski definition) is 2. The van der Waals surface area contributed by atoms with Gasteiger partial charge in [0.05, 0.1) is 17.8 Å². The molecule has 0 saturated carbocycles. The number of sulfone groups is 1. The van der Waals surface area contributed by atoms with E-state index in [1.54, 1.807) is 12.1 Å². The zero-order valence-corrected chi connectivity index (χ0v) is 11.8. The molecule has 0 spiro atoms. The third-order valence-electron chi connectivity index (χ3n) is 2.52. The van der Waals surface area contributed by atoms with Gasteiger partial charge in [0.15, 0.2) is 15.6 Å². The fraction of sp³-hybridized carbons (Fsp3) is 0.182. The van der Waals surface area contributed by atoms with Crippen molar-refractivity contribution in [3.63, 3.8) is 0 Å². The molecule has 2 rings (SSSR count). The van der Waals surface area contributed by atoms with E-state index in [-0.39, 0.29) is 15.7 Å². The lowest BCUT2D eigenvalue weighted by molar-refractivity contribution is 0.403. The molecule has 0 bridgehead atoms. The van der Waals surface area contributed by atoms with E-state index in [0.29, 0.717) is 17.1 Å². The predicted octanol–water partition coefficient (Wildman–Crippen LogP) is 1.72. The summed E-state index contributed by atoms with van der Waals surface area (Å²) in [5.74, 6) is 0.434. The third kappa shape index (κ3) is 2.66. The van der Waals surface area contributed by atoms with Crippen LogP contribution in [0.25, 0.3) is 11.3 Å². The highest BCUT2D eigenvalue weighted by Crippen LogP contribution is 2.36. The standard InChI is InChI=1S/C11H12ClN3O3S/c1-18-11-7(12)3-6(4-9(11)19(2,16)17)8-5-10(13)15-14-8/h3-5H,1-2H3,(H3,13,14,15). The maximum atomic E-state index is 11.8. The van der Waals surface area contributed by atoms with Crippen molar-refractivity contribution in [2.24, 2.45) is 0 Å². The molecule has 1 heterocycles. The van der Waals surface area contributed by atoms with Gasteiger partial charge in [-0.2, -0.15) is 5.10 Å². The number of aromatic amines is 1. The van der Waals surface area contributed by atoms with E-state index in [2.05, 4.69) is 10.2 Å². The second-order valence-corrected chi connectivity index (χ2v) is 6.36. The Kier molecular flexibility index (Phi) is 3.42. The van der Waals surface area contributed by atoms with E-state index in [4.69, 9.17) is 22.1 Å². The average Bonchev–Trinajstić information content (AvgIpc) is 2.73. The van der Waals surface area contributed by atoms with Gasteiger partial charge in [-0.25, -0.2) is 8.42 Å². The number of H-pyrrole nitrogens is 1. The monoisotopic (exact) mass is 301 g/mol.